The summed E-state index contributed by atoms with van der Waals surface area (Å²) in [5.74, 6) is -1.45. The van der Waals surface area contributed by atoms with Gasteiger partial charge in [-0.25, -0.2) is 12.8 Å². The first-order valence-electron chi connectivity index (χ1n) is 10.6. The number of hydrogen-bond donors (Lipinski definition) is 1. The van der Waals surface area contributed by atoms with Crippen LogP contribution in [0.4, 0.5) is 10.1 Å². The average Bonchev–Trinajstić information content (AvgIpc) is 2.75. The molecule has 0 aromatic heterocycles. The minimum Gasteiger partial charge on any atom is -0.354 e. The highest BCUT2D eigenvalue weighted by molar-refractivity contribution is 7.92. The van der Waals surface area contributed by atoms with E-state index in [0.717, 1.165) is 35.5 Å². The van der Waals surface area contributed by atoms with Crippen molar-refractivity contribution < 1.29 is 22.4 Å². The molecular formula is C23H29ClFN3O4S. The first-order chi connectivity index (χ1) is 15.5. The van der Waals surface area contributed by atoms with Crippen LogP contribution in [0.15, 0.2) is 48.5 Å². The zero-order chi connectivity index (χ0) is 24.6. The summed E-state index contributed by atoms with van der Waals surface area (Å²) in [5, 5.41) is 3.28. The Kier molecular flexibility index (Phi) is 9.67. The highest BCUT2D eigenvalue weighted by atomic mass is 35.5. The van der Waals surface area contributed by atoms with Gasteiger partial charge >= 0.3 is 0 Å². The molecule has 33 heavy (non-hydrogen) atoms. The topological polar surface area (TPSA) is 86.8 Å². The number of rotatable bonds is 11. The second kappa shape index (κ2) is 12.0. The number of halogens is 2. The quantitative estimate of drug-likeness (QED) is 0.481. The van der Waals surface area contributed by atoms with Crippen LogP contribution in [0.25, 0.3) is 0 Å². The van der Waals surface area contributed by atoms with Crippen LogP contribution >= 0.6 is 11.6 Å². The van der Waals surface area contributed by atoms with Gasteiger partial charge in [0.25, 0.3) is 0 Å². The number of amides is 2. The SMILES string of the molecule is CCCCNC(=O)[C@H](C)N(Cc1cccc(Cl)c1)C(=O)CN(c1ccc(F)cc1)S(C)(=O)=O. The van der Waals surface area contributed by atoms with Crippen molar-refractivity contribution in [3.8, 4) is 0 Å². The van der Waals surface area contributed by atoms with E-state index in [1.807, 2.05) is 6.92 Å². The summed E-state index contributed by atoms with van der Waals surface area (Å²) in [4.78, 5) is 27.4. The molecule has 0 heterocycles. The van der Waals surface area contributed by atoms with Crippen LogP contribution in [0.3, 0.4) is 0 Å². The van der Waals surface area contributed by atoms with Crippen molar-refractivity contribution in [2.75, 3.05) is 23.7 Å². The highest BCUT2D eigenvalue weighted by Crippen LogP contribution is 2.20. The van der Waals surface area contributed by atoms with Crippen molar-refractivity contribution in [1.82, 2.24) is 10.2 Å². The minimum atomic E-state index is -3.86. The van der Waals surface area contributed by atoms with E-state index in [4.69, 9.17) is 11.6 Å². The van der Waals surface area contributed by atoms with Crippen molar-refractivity contribution in [3.05, 3.63) is 64.9 Å². The number of nitrogens with zero attached hydrogens (tertiary/aromatic N) is 2. The minimum absolute atomic E-state index is 0.0583. The van der Waals surface area contributed by atoms with Crippen LogP contribution in [0.1, 0.15) is 32.3 Å². The second-order valence-electron chi connectivity index (χ2n) is 7.72. The monoisotopic (exact) mass is 497 g/mol. The fourth-order valence-electron chi connectivity index (χ4n) is 3.17. The van der Waals surface area contributed by atoms with Gasteiger partial charge in [0.2, 0.25) is 21.8 Å². The Hall–Kier alpha value is -2.65. The van der Waals surface area contributed by atoms with E-state index in [9.17, 15) is 22.4 Å². The summed E-state index contributed by atoms with van der Waals surface area (Å²) < 4.78 is 39.1. The Morgan fingerprint density at radius 2 is 1.82 bits per heavy atom. The zero-order valence-electron chi connectivity index (χ0n) is 18.9. The molecule has 0 fully saturated rings. The van der Waals surface area contributed by atoms with Crippen LogP contribution in [0.2, 0.25) is 5.02 Å². The maximum Gasteiger partial charge on any atom is 0.244 e. The Morgan fingerprint density at radius 1 is 1.15 bits per heavy atom. The summed E-state index contributed by atoms with van der Waals surface area (Å²) in [5.41, 5.74) is 0.840. The third kappa shape index (κ3) is 8.01. The second-order valence-corrected chi connectivity index (χ2v) is 10.1. The molecular weight excluding hydrogens is 469 g/mol. The number of sulfonamides is 1. The van der Waals surface area contributed by atoms with E-state index in [2.05, 4.69) is 5.32 Å². The van der Waals surface area contributed by atoms with Crippen LogP contribution in [-0.4, -0.2) is 50.5 Å². The van der Waals surface area contributed by atoms with E-state index in [1.165, 1.54) is 17.0 Å². The molecule has 7 nitrogen and oxygen atoms in total. The number of benzene rings is 2. The van der Waals surface area contributed by atoms with Crippen molar-refractivity contribution in [1.29, 1.82) is 0 Å². The zero-order valence-corrected chi connectivity index (χ0v) is 20.5. The van der Waals surface area contributed by atoms with Gasteiger partial charge in [0, 0.05) is 18.1 Å². The molecule has 0 saturated heterocycles. The molecule has 0 bridgehead atoms. The predicted molar refractivity (Wildman–Crippen MR) is 128 cm³/mol. The molecule has 1 atom stereocenters. The van der Waals surface area contributed by atoms with Crippen LogP contribution in [-0.2, 0) is 26.2 Å². The van der Waals surface area contributed by atoms with Gasteiger partial charge in [0.05, 0.1) is 11.9 Å². The van der Waals surface area contributed by atoms with Crippen molar-refractivity contribution >= 4 is 39.1 Å². The van der Waals surface area contributed by atoms with E-state index in [-0.39, 0.29) is 18.1 Å². The fourth-order valence-corrected chi connectivity index (χ4v) is 4.23. The highest BCUT2D eigenvalue weighted by Gasteiger charge is 2.30. The number of unbranched alkanes of at least 4 members (excludes halogenated alkanes) is 1. The Morgan fingerprint density at radius 3 is 2.39 bits per heavy atom. The normalized spacial score (nSPS) is 12.2. The molecule has 0 saturated carbocycles. The molecule has 2 amide bonds. The lowest BCUT2D eigenvalue weighted by Crippen LogP contribution is -2.51. The van der Waals surface area contributed by atoms with Gasteiger partial charge in [-0.2, -0.15) is 0 Å². The number of carbonyl (C=O) groups is 2. The fraction of sp³-hybridized carbons (Fsp3) is 0.391. The van der Waals surface area contributed by atoms with E-state index >= 15 is 0 Å². The third-order valence-electron chi connectivity index (χ3n) is 5.03. The summed E-state index contributed by atoms with van der Waals surface area (Å²) in [6.45, 7) is 3.58. The van der Waals surface area contributed by atoms with Gasteiger partial charge < -0.3 is 10.2 Å². The lowest BCUT2D eigenvalue weighted by Gasteiger charge is -2.31. The Labute approximate surface area is 199 Å². The summed E-state index contributed by atoms with van der Waals surface area (Å²) in [6, 6.07) is 10.8. The molecule has 0 aliphatic rings. The van der Waals surface area contributed by atoms with Crippen LogP contribution in [0.5, 0.6) is 0 Å². The third-order valence-corrected chi connectivity index (χ3v) is 6.41. The smallest absolute Gasteiger partial charge is 0.244 e. The van der Waals surface area contributed by atoms with Gasteiger partial charge in [-0.3, -0.25) is 13.9 Å². The number of hydrogen-bond acceptors (Lipinski definition) is 4. The first-order valence-corrected chi connectivity index (χ1v) is 12.8. The predicted octanol–water partition coefficient (Wildman–Crippen LogP) is 3.58. The lowest BCUT2D eigenvalue weighted by molar-refractivity contribution is -0.139. The van der Waals surface area contributed by atoms with Gasteiger partial charge in [-0.1, -0.05) is 37.1 Å². The lowest BCUT2D eigenvalue weighted by atomic mass is 10.1. The van der Waals surface area contributed by atoms with Gasteiger partial charge in [-0.15, -0.1) is 0 Å². The number of nitrogens with one attached hydrogen (secondary N) is 1. The van der Waals surface area contributed by atoms with Crippen molar-refractivity contribution in [2.45, 2.75) is 39.3 Å². The van der Waals surface area contributed by atoms with E-state index < -0.39 is 34.3 Å². The van der Waals surface area contributed by atoms with Gasteiger partial charge in [-0.05, 0) is 55.3 Å². The molecule has 0 aliphatic heterocycles. The molecule has 2 aromatic carbocycles. The molecule has 180 valence electrons. The average molecular weight is 498 g/mol. The molecule has 1 N–H and O–H groups in total. The Balaban J connectivity index is 2.33. The van der Waals surface area contributed by atoms with Gasteiger partial charge in [0.1, 0.15) is 18.4 Å². The number of carbonyl (C=O) groups excluding carboxylic acids is 2. The van der Waals surface area contributed by atoms with Crippen LogP contribution < -0.4 is 9.62 Å². The van der Waals surface area contributed by atoms with E-state index in [0.29, 0.717) is 17.1 Å². The summed E-state index contributed by atoms with van der Waals surface area (Å²) in [6.07, 6.45) is 2.67. The summed E-state index contributed by atoms with van der Waals surface area (Å²) >= 11 is 6.07. The van der Waals surface area contributed by atoms with Crippen molar-refractivity contribution in [2.24, 2.45) is 0 Å². The summed E-state index contributed by atoms with van der Waals surface area (Å²) in [7, 11) is -3.86. The Bertz CT molecular complexity index is 1060. The molecule has 0 unspecified atom stereocenters. The first kappa shape index (κ1) is 26.6. The maximum absolute atomic E-state index is 13.3. The van der Waals surface area contributed by atoms with Crippen LogP contribution in [0, 0.1) is 5.82 Å². The molecule has 0 aliphatic carbocycles. The maximum atomic E-state index is 13.3. The largest absolute Gasteiger partial charge is 0.354 e. The van der Waals surface area contributed by atoms with Gasteiger partial charge in [0.15, 0.2) is 0 Å². The molecule has 0 spiro atoms. The standard InChI is InChI=1S/C23H29ClFN3O4S/c1-4-5-13-26-23(30)17(2)27(15-18-7-6-8-19(24)14-18)22(29)16-28(33(3,31)32)21-11-9-20(25)10-12-21/h6-12,14,17H,4-5,13,15-16H2,1-3H3,(H,26,30)/t17-/m0/s1. The van der Waals surface area contributed by atoms with Crippen molar-refractivity contribution in [3.63, 3.8) is 0 Å². The molecule has 10 heteroatoms. The molecule has 0 radical (unpaired) electrons. The van der Waals surface area contributed by atoms with E-state index in [1.54, 1.807) is 31.2 Å². The number of anilines is 1. The molecule has 2 rings (SSSR count). The molecule has 2 aromatic rings.